The van der Waals surface area contributed by atoms with Crippen LogP contribution in [0.5, 0.6) is 0 Å². The van der Waals surface area contributed by atoms with E-state index in [0.29, 0.717) is 0 Å². The summed E-state index contributed by atoms with van der Waals surface area (Å²) < 4.78 is 32.5. The summed E-state index contributed by atoms with van der Waals surface area (Å²) in [6, 6.07) is 0. The minimum absolute atomic E-state index is 0. The molecule has 0 aromatic heterocycles. The van der Waals surface area contributed by atoms with Gasteiger partial charge in [0.15, 0.2) is 5.84 Å². The first-order valence-corrected chi connectivity index (χ1v) is 1.36. The summed E-state index contributed by atoms with van der Waals surface area (Å²) in [7, 11) is 0. The van der Waals surface area contributed by atoms with E-state index in [9.17, 15) is 13.2 Å². The van der Waals surface area contributed by atoms with E-state index in [1.54, 1.807) is 0 Å². The molecule has 0 fully saturated rings. The third-order valence-electron chi connectivity index (χ3n) is 0.305. The van der Waals surface area contributed by atoms with E-state index in [2.05, 4.69) is 5.73 Å². The van der Waals surface area contributed by atoms with Gasteiger partial charge in [-0.15, -0.1) is 12.4 Å². The zero-order valence-electron chi connectivity index (χ0n) is 3.62. The van der Waals surface area contributed by atoms with Crippen LogP contribution in [0.3, 0.4) is 0 Å². The Hall–Kier alpha value is -0.450. The molecule has 0 heterocycles. The summed E-state index contributed by atoms with van der Waals surface area (Å²) in [5.41, 5.74) is 4.03. The molecule has 0 aliphatic heterocycles. The van der Waals surface area contributed by atoms with E-state index in [1.165, 1.54) is 0 Å². The van der Waals surface area contributed by atoms with E-state index in [0.717, 1.165) is 0 Å². The quantitative estimate of drug-likeness (QED) is 0.389. The molecule has 0 radical (unpaired) electrons. The van der Waals surface area contributed by atoms with E-state index in [-0.39, 0.29) is 12.4 Å². The van der Waals surface area contributed by atoms with Crippen molar-refractivity contribution < 1.29 is 13.2 Å². The minimum atomic E-state index is -4.64. The van der Waals surface area contributed by atoms with Gasteiger partial charge >= 0.3 is 6.18 Å². The number of nitrogens with two attached hydrogens (primary N) is 1. The maximum absolute atomic E-state index is 10.8. The van der Waals surface area contributed by atoms with Gasteiger partial charge < -0.3 is 5.73 Å². The number of amidine groups is 1. The second kappa shape index (κ2) is 2.76. The lowest BCUT2D eigenvalue weighted by Crippen LogP contribution is -2.29. The number of hydrogen-bond donors (Lipinski definition) is 2. The fourth-order valence-electron chi connectivity index (χ4n) is 0. The van der Waals surface area contributed by atoms with Gasteiger partial charge in [-0.2, -0.15) is 13.2 Å². The highest BCUT2D eigenvalue weighted by molar-refractivity contribution is 5.85. The zero-order chi connectivity index (χ0) is 6.08. The van der Waals surface area contributed by atoms with Crippen LogP contribution in [0.25, 0.3) is 0 Å². The summed E-state index contributed by atoms with van der Waals surface area (Å²) in [6.07, 6.45) is -4.64. The monoisotopic (exact) mass is 148 g/mol. The fourth-order valence-corrected chi connectivity index (χ4v) is 0. The molecule has 0 rings (SSSR count). The van der Waals surface area contributed by atoms with E-state index < -0.39 is 12.0 Å². The first-order chi connectivity index (χ1) is 2.94. The van der Waals surface area contributed by atoms with Crippen molar-refractivity contribution in [3.8, 4) is 0 Å². The van der Waals surface area contributed by atoms with Gasteiger partial charge in [0.2, 0.25) is 0 Å². The van der Waals surface area contributed by atoms with Gasteiger partial charge in [0.25, 0.3) is 0 Å². The molecule has 0 aliphatic carbocycles. The molecule has 6 heteroatoms. The van der Waals surface area contributed by atoms with Crippen LogP contribution in [0.4, 0.5) is 13.2 Å². The van der Waals surface area contributed by atoms with Crippen LogP contribution in [0.2, 0.25) is 0 Å². The molecule has 3 N–H and O–H groups in total. The van der Waals surface area contributed by atoms with Gasteiger partial charge in [0.05, 0.1) is 0 Å². The summed E-state index contributed by atoms with van der Waals surface area (Å²) in [4.78, 5) is 0. The Morgan fingerprint density at radius 2 is 1.50 bits per heavy atom. The van der Waals surface area contributed by atoms with Crippen molar-refractivity contribution in [2.45, 2.75) is 6.18 Å². The van der Waals surface area contributed by atoms with E-state index in [4.69, 9.17) is 5.41 Å². The van der Waals surface area contributed by atoms with Crippen LogP contribution >= 0.6 is 12.4 Å². The van der Waals surface area contributed by atoms with Crippen molar-refractivity contribution in [3.63, 3.8) is 0 Å². The standard InChI is InChI=1S/C2H3F3N2.ClH/c3-2(4,5)1(6)7;/h(H3,6,7);1H. The number of halogens is 4. The maximum Gasteiger partial charge on any atom is 0.448 e. The summed E-state index contributed by atoms with van der Waals surface area (Å²) >= 11 is 0. The first-order valence-electron chi connectivity index (χ1n) is 1.36. The molecule has 0 saturated heterocycles. The third kappa shape index (κ3) is 3.73. The molecule has 0 aromatic carbocycles. The highest BCUT2D eigenvalue weighted by Crippen LogP contribution is 2.12. The van der Waals surface area contributed by atoms with E-state index in [1.807, 2.05) is 0 Å². The molecule has 0 atom stereocenters. The molecule has 0 spiro atoms. The smallest absolute Gasteiger partial charge is 0.380 e. The lowest BCUT2D eigenvalue weighted by molar-refractivity contribution is -0.0606. The highest BCUT2D eigenvalue weighted by atomic mass is 35.5. The molecule has 0 aliphatic rings. The van der Waals surface area contributed by atoms with Gasteiger partial charge in [-0.3, -0.25) is 5.41 Å². The Balaban J connectivity index is 0. The molecule has 0 aromatic rings. The van der Waals surface area contributed by atoms with Crippen molar-refractivity contribution >= 4 is 18.2 Å². The van der Waals surface area contributed by atoms with Gasteiger partial charge in [0.1, 0.15) is 0 Å². The average Bonchev–Trinajstić information content (AvgIpc) is 1.31. The third-order valence-corrected chi connectivity index (χ3v) is 0.305. The SMILES string of the molecule is Cl.N=C(N)C(F)(F)F. The summed E-state index contributed by atoms with van der Waals surface area (Å²) in [6.45, 7) is 0. The molecule has 0 bridgehead atoms. The molecule has 8 heavy (non-hydrogen) atoms. The molecule has 0 saturated carbocycles. The molecule has 2 nitrogen and oxygen atoms in total. The predicted molar refractivity (Wildman–Crippen MR) is 25.2 cm³/mol. The summed E-state index contributed by atoms with van der Waals surface area (Å²) in [5.74, 6) is -1.76. The van der Waals surface area contributed by atoms with Crippen molar-refractivity contribution in [2.75, 3.05) is 0 Å². The number of hydrogen-bond acceptors (Lipinski definition) is 1. The lowest BCUT2D eigenvalue weighted by atomic mass is 10.6. The van der Waals surface area contributed by atoms with Crippen molar-refractivity contribution in [1.82, 2.24) is 0 Å². The normalized spacial score (nSPS) is 9.88. The van der Waals surface area contributed by atoms with Crippen LogP contribution in [0.15, 0.2) is 0 Å². The van der Waals surface area contributed by atoms with Gasteiger partial charge in [-0.25, -0.2) is 0 Å². The Morgan fingerprint density at radius 3 is 1.50 bits per heavy atom. The molecule has 0 unspecified atom stereocenters. The highest BCUT2D eigenvalue weighted by Gasteiger charge is 2.31. The van der Waals surface area contributed by atoms with Crippen molar-refractivity contribution in [2.24, 2.45) is 5.73 Å². The molecule has 50 valence electrons. The van der Waals surface area contributed by atoms with Crippen LogP contribution in [-0.2, 0) is 0 Å². The molecule has 0 amide bonds. The van der Waals surface area contributed by atoms with Gasteiger partial charge in [-0.1, -0.05) is 0 Å². The number of rotatable bonds is 0. The summed E-state index contributed by atoms with van der Waals surface area (Å²) in [5, 5.41) is 5.80. The second-order valence-corrected chi connectivity index (χ2v) is 0.911. The topological polar surface area (TPSA) is 49.9 Å². The minimum Gasteiger partial charge on any atom is -0.380 e. The van der Waals surface area contributed by atoms with Crippen LogP contribution in [0.1, 0.15) is 0 Å². The van der Waals surface area contributed by atoms with E-state index >= 15 is 0 Å². The van der Waals surface area contributed by atoms with Crippen molar-refractivity contribution in [1.29, 1.82) is 5.41 Å². The lowest BCUT2D eigenvalue weighted by Gasteiger charge is -1.98. The zero-order valence-corrected chi connectivity index (χ0v) is 4.44. The Labute approximate surface area is 49.8 Å². The van der Waals surface area contributed by atoms with Crippen LogP contribution in [-0.4, -0.2) is 12.0 Å². The molecular formula is C2H4ClF3N2. The van der Waals surface area contributed by atoms with Crippen molar-refractivity contribution in [3.05, 3.63) is 0 Å². The molecular weight excluding hydrogens is 144 g/mol. The first kappa shape index (κ1) is 10.5. The Kier molecular flexibility index (Phi) is 3.63. The largest absolute Gasteiger partial charge is 0.448 e. The fraction of sp³-hybridized carbons (Fsp3) is 0.500. The Morgan fingerprint density at radius 1 is 1.38 bits per heavy atom. The predicted octanol–water partition coefficient (Wildman–Crippen LogP) is 0.906. The van der Waals surface area contributed by atoms with Gasteiger partial charge in [0, 0.05) is 0 Å². The Bertz CT molecular complexity index is 87.8. The second-order valence-electron chi connectivity index (χ2n) is 0.911. The maximum atomic E-state index is 10.8. The van der Waals surface area contributed by atoms with Crippen LogP contribution < -0.4 is 5.73 Å². The number of alkyl halides is 3. The average molecular weight is 149 g/mol. The number of nitrogens with one attached hydrogen (secondary N) is 1. The van der Waals surface area contributed by atoms with Crippen LogP contribution in [0, 0.1) is 5.41 Å². The van der Waals surface area contributed by atoms with Gasteiger partial charge in [-0.05, 0) is 0 Å².